The summed E-state index contributed by atoms with van der Waals surface area (Å²) >= 11 is 0. The van der Waals surface area contributed by atoms with Crippen molar-refractivity contribution in [3.05, 3.63) is 47.0 Å². The Kier molecular flexibility index (Phi) is 2.82. The van der Waals surface area contributed by atoms with Gasteiger partial charge in [0.25, 0.3) is 0 Å². The van der Waals surface area contributed by atoms with E-state index < -0.39 is 18.8 Å². The van der Waals surface area contributed by atoms with Gasteiger partial charge in [0.1, 0.15) is 12.2 Å². The quantitative estimate of drug-likeness (QED) is 0.763. The zero-order valence-corrected chi connectivity index (χ0v) is 10.0. The molecule has 94 valence electrons. The van der Waals surface area contributed by atoms with Gasteiger partial charge >= 0.3 is 0 Å². The lowest BCUT2D eigenvalue weighted by Crippen LogP contribution is -2.22. The monoisotopic (exact) mass is 244 g/mol. The summed E-state index contributed by atoms with van der Waals surface area (Å²) in [5.41, 5.74) is 3.30. The third-order valence-electron chi connectivity index (χ3n) is 3.78. The van der Waals surface area contributed by atoms with E-state index in [0.717, 1.165) is 18.2 Å². The van der Waals surface area contributed by atoms with Crippen LogP contribution in [0.5, 0.6) is 0 Å². The maximum absolute atomic E-state index is 10.1. The zero-order chi connectivity index (χ0) is 12.7. The second-order valence-electron chi connectivity index (χ2n) is 4.85. The van der Waals surface area contributed by atoms with Gasteiger partial charge in [-0.3, -0.25) is 0 Å². The average molecular weight is 244 g/mol. The minimum Gasteiger partial charge on any atom is -0.394 e. The van der Waals surface area contributed by atoms with Crippen LogP contribution < -0.4 is 0 Å². The Morgan fingerprint density at radius 2 is 1.72 bits per heavy atom. The summed E-state index contributed by atoms with van der Waals surface area (Å²) in [6.45, 7) is -0.440. The molecule has 18 heavy (non-hydrogen) atoms. The molecule has 1 aliphatic rings. The lowest BCUT2D eigenvalue weighted by Gasteiger charge is -2.18. The Hall–Kier alpha value is -1.42. The van der Waals surface area contributed by atoms with E-state index in [1.54, 1.807) is 0 Å². The van der Waals surface area contributed by atoms with Gasteiger partial charge in [-0.25, -0.2) is 0 Å². The number of benzene rings is 2. The molecule has 1 aliphatic carbocycles. The Bertz CT molecular complexity index is 581. The summed E-state index contributed by atoms with van der Waals surface area (Å²) in [6.07, 6.45) is -0.104. The molecule has 0 aromatic heterocycles. The SMILES string of the molecule is OCC(O)C(O)c1ccc2c3c(cccc13)CC2. The van der Waals surface area contributed by atoms with Gasteiger partial charge < -0.3 is 15.3 Å². The van der Waals surface area contributed by atoms with Gasteiger partial charge in [-0.15, -0.1) is 0 Å². The molecule has 3 nitrogen and oxygen atoms in total. The van der Waals surface area contributed by atoms with Gasteiger partial charge in [-0.05, 0) is 40.3 Å². The van der Waals surface area contributed by atoms with Crippen molar-refractivity contribution in [2.45, 2.75) is 25.0 Å². The fourth-order valence-corrected chi connectivity index (χ4v) is 2.83. The van der Waals surface area contributed by atoms with E-state index in [0.29, 0.717) is 5.56 Å². The topological polar surface area (TPSA) is 60.7 Å². The Balaban J connectivity index is 2.20. The van der Waals surface area contributed by atoms with Crippen molar-refractivity contribution in [2.24, 2.45) is 0 Å². The molecule has 3 heteroatoms. The van der Waals surface area contributed by atoms with Crippen LogP contribution in [-0.4, -0.2) is 28.0 Å². The maximum Gasteiger partial charge on any atom is 0.108 e. The van der Waals surface area contributed by atoms with E-state index in [4.69, 9.17) is 5.11 Å². The summed E-state index contributed by atoms with van der Waals surface area (Å²) < 4.78 is 0. The molecule has 2 aromatic carbocycles. The van der Waals surface area contributed by atoms with Gasteiger partial charge in [0.15, 0.2) is 0 Å². The third kappa shape index (κ3) is 1.63. The Morgan fingerprint density at radius 1 is 1.00 bits per heavy atom. The highest BCUT2D eigenvalue weighted by atomic mass is 16.4. The highest BCUT2D eigenvalue weighted by Gasteiger charge is 2.22. The molecule has 0 fully saturated rings. The number of hydrogen-bond acceptors (Lipinski definition) is 3. The van der Waals surface area contributed by atoms with Crippen LogP contribution in [0.3, 0.4) is 0 Å². The molecule has 2 aromatic rings. The van der Waals surface area contributed by atoms with Crippen LogP contribution in [0.25, 0.3) is 10.8 Å². The van der Waals surface area contributed by atoms with Crippen molar-refractivity contribution in [3.63, 3.8) is 0 Å². The lowest BCUT2D eigenvalue weighted by molar-refractivity contribution is -0.0145. The first kappa shape index (κ1) is 11.7. The minimum absolute atomic E-state index is 0.440. The van der Waals surface area contributed by atoms with Crippen molar-refractivity contribution >= 4 is 10.8 Å². The van der Waals surface area contributed by atoms with E-state index in [2.05, 4.69) is 6.07 Å². The van der Waals surface area contributed by atoms with E-state index in [1.807, 2.05) is 24.3 Å². The van der Waals surface area contributed by atoms with Gasteiger partial charge in [-0.2, -0.15) is 0 Å². The van der Waals surface area contributed by atoms with Crippen LogP contribution in [0.4, 0.5) is 0 Å². The van der Waals surface area contributed by atoms with Gasteiger partial charge in [0, 0.05) is 0 Å². The van der Waals surface area contributed by atoms with Crippen molar-refractivity contribution in [3.8, 4) is 0 Å². The number of rotatable bonds is 3. The molecule has 0 saturated heterocycles. The minimum atomic E-state index is -1.14. The second kappa shape index (κ2) is 4.35. The highest BCUT2D eigenvalue weighted by molar-refractivity contribution is 5.93. The molecule has 0 aliphatic heterocycles. The van der Waals surface area contributed by atoms with Crippen molar-refractivity contribution in [2.75, 3.05) is 6.61 Å². The van der Waals surface area contributed by atoms with Crippen LogP contribution in [0.15, 0.2) is 30.3 Å². The average Bonchev–Trinajstić information content (AvgIpc) is 2.83. The fourth-order valence-electron chi connectivity index (χ4n) is 2.83. The Morgan fingerprint density at radius 3 is 2.44 bits per heavy atom. The van der Waals surface area contributed by atoms with Crippen molar-refractivity contribution in [1.29, 1.82) is 0 Å². The normalized spacial score (nSPS) is 17.1. The second-order valence-corrected chi connectivity index (χ2v) is 4.85. The highest BCUT2D eigenvalue weighted by Crippen LogP contribution is 2.35. The van der Waals surface area contributed by atoms with Crippen LogP contribution in [-0.2, 0) is 12.8 Å². The van der Waals surface area contributed by atoms with Crippen LogP contribution in [0, 0.1) is 0 Å². The first-order chi connectivity index (χ1) is 8.72. The first-order valence-corrected chi connectivity index (χ1v) is 6.22. The maximum atomic E-state index is 10.1. The molecular formula is C15H16O3. The number of aryl methyl sites for hydroxylation is 2. The lowest BCUT2D eigenvalue weighted by atomic mass is 9.95. The smallest absolute Gasteiger partial charge is 0.108 e. The molecule has 0 radical (unpaired) electrons. The first-order valence-electron chi connectivity index (χ1n) is 6.22. The molecule has 0 heterocycles. The summed E-state index contributed by atoms with van der Waals surface area (Å²) in [4.78, 5) is 0. The van der Waals surface area contributed by atoms with Gasteiger partial charge in [0.2, 0.25) is 0 Å². The third-order valence-corrected chi connectivity index (χ3v) is 3.78. The fraction of sp³-hybridized carbons (Fsp3) is 0.333. The van der Waals surface area contributed by atoms with Crippen LogP contribution in [0.1, 0.15) is 22.8 Å². The largest absolute Gasteiger partial charge is 0.394 e. The standard InChI is InChI=1S/C15H16O3/c16-8-13(17)15(18)12-7-6-10-5-4-9-2-1-3-11(12)14(9)10/h1-3,6-7,13,15-18H,4-5,8H2. The molecule has 0 bridgehead atoms. The van der Waals surface area contributed by atoms with Crippen LogP contribution in [0.2, 0.25) is 0 Å². The summed E-state index contributed by atoms with van der Waals surface area (Å²) in [5, 5.41) is 30.8. The summed E-state index contributed by atoms with van der Waals surface area (Å²) in [6, 6.07) is 9.93. The molecule has 0 spiro atoms. The number of hydrogen-bond donors (Lipinski definition) is 3. The van der Waals surface area contributed by atoms with Crippen molar-refractivity contribution in [1.82, 2.24) is 0 Å². The molecule has 2 atom stereocenters. The van der Waals surface area contributed by atoms with E-state index in [1.165, 1.54) is 16.5 Å². The zero-order valence-electron chi connectivity index (χ0n) is 10.0. The Labute approximate surface area is 105 Å². The predicted molar refractivity (Wildman–Crippen MR) is 69.4 cm³/mol. The van der Waals surface area contributed by atoms with Crippen molar-refractivity contribution < 1.29 is 15.3 Å². The molecule has 3 N–H and O–H groups in total. The van der Waals surface area contributed by atoms with E-state index >= 15 is 0 Å². The predicted octanol–water partition coefficient (Wildman–Crippen LogP) is 1.33. The number of aliphatic hydroxyl groups excluding tert-OH is 3. The molecule has 0 amide bonds. The van der Waals surface area contributed by atoms with Gasteiger partial charge in [0.05, 0.1) is 6.61 Å². The van der Waals surface area contributed by atoms with Gasteiger partial charge in [-0.1, -0.05) is 30.3 Å². The molecular weight excluding hydrogens is 228 g/mol. The summed E-state index contributed by atoms with van der Waals surface area (Å²) in [7, 11) is 0. The molecule has 2 unspecified atom stereocenters. The molecule has 3 rings (SSSR count). The van der Waals surface area contributed by atoms with Crippen LogP contribution >= 0.6 is 0 Å². The summed E-state index contributed by atoms with van der Waals surface area (Å²) in [5.74, 6) is 0. The van der Waals surface area contributed by atoms with E-state index in [9.17, 15) is 10.2 Å². The van der Waals surface area contributed by atoms with E-state index in [-0.39, 0.29) is 0 Å². The molecule has 0 saturated carbocycles. The number of aliphatic hydroxyl groups is 3.